The fourth-order valence-corrected chi connectivity index (χ4v) is 1.89. The molecule has 1 saturated carbocycles. The molecule has 0 unspecified atom stereocenters. The Kier molecular flexibility index (Phi) is 4.35. The number of nitrogens with zero attached hydrogens (tertiary/aromatic N) is 1. The molecule has 1 aliphatic rings. The van der Waals surface area contributed by atoms with Crippen molar-refractivity contribution in [3.8, 4) is 0 Å². The molecular weight excluding hydrogens is 178 g/mol. The molecule has 1 amide bonds. The highest BCUT2D eigenvalue weighted by molar-refractivity contribution is 5.75. The lowest BCUT2D eigenvalue weighted by atomic mass is 9.80. The van der Waals surface area contributed by atoms with Gasteiger partial charge in [-0.2, -0.15) is 0 Å². The van der Waals surface area contributed by atoms with Crippen molar-refractivity contribution >= 4 is 5.91 Å². The van der Waals surface area contributed by atoms with E-state index in [9.17, 15) is 4.79 Å². The van der Waals surface area contributed by atoms with E-state index in [-0.39, 0.29) is 5.91 Å². The Morgan fingerprint density at radius 2 is 2.21 bits per heavy atom. The molecule has 82 valence electrons. The van der Waals surface area contributed by atoms with Crippen LogP contribution in [0.1, 0.15) is 19.3 Å². The second kappa shape index (κ2) is 5.32. The zero-order valence-electron chi connectivity index (χ0n) is 9.12. The fourth-order valence-electron chi connectivity index (χ4n) is 1.89. The maximum absolute atomic E-state index is 11.0. The van der Waals surface area contributed by atoms with Gasteiger partial charge >= 0.3 is 0 Å². The number of nitrogens with two attached hydrogens (primary N) is 1. The van der Waals surface area contributed by atoms with Crippen LogP contribution in [-0.2, 0) is 4.79 Å². The molecule has 0 aliphatic heterocycles. The molecule has 14 heavy (non-hydrogen) atoms. The summed E-state index contributed by atoms with van der Waals surface area (Å²) in [6.07, 6.45) is 2.88. The van der Waals surface area contributed by atoms with Crippen LogP contribution in [-0.4, -0.2) is 44.0 Å². The first kappa shape index (κ1) is 11.5. The predicted octanol–water partition coefficient (Wildman–Crippen LogP) is -0.208. The van der Waals surface area contributed by atoms with Gasteiger partial charge in [0, 0.05) is 32.6 Å². The molecule has 0 heterocycles. The van der Waals surface area contributed by atoms with Crippen molar-refractivity contribution in [1.29, 1.82) is 0 Å². The van der Waals surface area contributed by atoms with Crippen molar-refractivity contribution < 1.29 is 4.79 Å². The fraction of sp³-hybridized carbons (Fsp3) is 0.900. The van der Waals surface area contributed by atoms with Gasteiger partial charge < -0.3 is 16.0 Å². The zero-order valence-corrected chi connectivity index (χ0v) is 9.12. The van der Waals surface area contributed by atoms with Gasteiger partial charge in [-0.3, -0.25) is 4.79 Å². The topological polar surface area (TPSA) is 58.4 Å². The Labute approximate surface area is 85.8 Å². The van der Waals surface area contributed by atoms with Crippen molar-refractivity contribution in [1.82, 2.24) is 10.2 Å². The third-order valence-electron chi connectivity index (χ3n) is 2.84. The van der Waals surface area contributed by atoms with Gasteiger partial charge in [0.15, 0.2) is 0 Å². The molecule has 4 nitrogen and oxygen atoms in total. The first-order chi connectivity index (χ1) is 6.61. The summed E-state index contributed by atoms with van der Waals surface area (Å²) in [5, 5.41) is 2.62. The van der Waals surface area contributed by atoms with Crippen molar-refractivity contribution in [2.45, 2.75) is 25.3 Å². The summed E-state index contributed by atoms with van der Waals surface area (Å²) in [5.74, 6) is 0.863. The van der Waals surface area contributed by atoms with Gasteiger partial charge in [-0.05, 0) is 25.8 Å². The quantitative estimate of drug-likeness (QED) is 0.644. The highest BCUT2D eigenvalue weighted by Crippen LogP contribution is 2.25. The number of nitrogens with one attached hydrogen (secondary N) is 1. The molecule has 3 N–H and O–H groups in total. The molecule has 4 heteroatoms. The number of hydrogen-bond acceptors (Lipinski definition) is 3. The van der Waals surface area contributed by atoms with Crippen LogP contribution in [0.5, 0.6) is 0 Å². The molecular formula is C10H21N3O. The smallest absolute Gasteiger partial charge is 0.221 e. The Hall–Kier alpha value is -0.610. The van der Waals surface area contributed by atoms with E-state index in [0.29, 0.717) is 12.5 Å². The first-order valence-electron chi connectivity index (χ1n) is 5.26. The number of rotatable bonds is 5. The highest BCUT2D eigenvalue weighted by Gasteiger charge is 2.26. The Bertz CT molecular complexity index is 190. The molecule has 1 rings (SSSR count). The van der Waals surface area contributed by atoms with E-state index >= 15 is 0 Å². The lowest BCUT2D eigenvalue weighted by molar-refractivity contribution is -0.120. The van der Waals surface area contributed by atoms with Gasteiger partial charge in [0.1, 0.15) is 0 Å². The summed E-state index contributed by atoms with van der Waals surface area (Å²) in [6.45, 7) is 1.91. The van der Waals surface area contributed by atoms with Gasteiger partial charge in [0.2, 0.25) is 5.91 Å². The Morgan fingerprint density at radius 3 is 2.71 bits per heavy atom. The summed E-state index contributed by atoms with van der Waals surface area (Å²) in [7, 11) is 3.74. The normalized spacial score (nSPS) is 26.0. The van der Waals surface area contributed by atoms with Crippen molar-refractivity contribution in [3.05, 3.63) is 0 Å². The Balaban J connectivity index is 2.04. The lowest BCUT2D eigenvalue weighted by Crippen LogP contribution is -2.42. The maximum atomic E-state index is 11.0. The standard InChI is InChI=1S/C10H21N3O/c1-12-10(14)3-4-13(2)7-8-5-9(11)6-8/h8-9H,3-7,11H2,1-2H3,(H,12,14). The molecule has 0 bridgehead atoms. The van der Waals surface area contributed by atoms with Crippen LogP contribution < -0.4 is 11.1 Å². The van der Waals surface area contributed by atoms with Crippen LogP contribution in [0.15, 0.2) is 0 Å². The van der Waals surface area contributed by atoms with E-state index in [1.54, 1.807) is 7.05 Å². The third-order valence-corrected chi connectivity index (χ3v) is 2.84. The lowest BCUT2D eigenvalue weighted by Gasteiger charge is -2.35. The van der Waals surface area contributed by atoms with Gasteiger partial charge in [-0.15, -0.1) is 0 Å². The van der Waals surface area contributed by atoms with E-state index in [0.717, 1.165) is 31.8 Å². The van der Waals surface area contributed by atoms with Crippen molar-refractivity contribution in [2.24, 2.45) is 11.7 Å². The van der Waals surface area contributed by atoms with E-state index in [2.05, 4.69) is 17.3 Å². The summed E-state index contributed by atoms with van der Waals surface area (Å²) in [6, 6.07) is 0.423. The summed E-state index contributed by atoms with van der Waals surface area (Å²) < 4.78 is 0. The molecule has 0 spiro atoms. The SMILES string of the molecule is CNC(=O)CCN(C)CC1CC(N)C1. The second-order valence-electron chi connectivity index (χ2n) is 4.28. The number of amides is 1. The summed E-state index contributed by atoms with van der Waals surface area (Å²) >= 11 is 0. The molecule has 0 atom stereocenters. The molecule has 0 saturated heterocycles. The van der Waals surface area contributed by atoms with E-state index in [1.807, 2.05) is 0 Å². The average Bonchev–Trinajstić information content (AvgIpc) is 2.11. The number of carbonyl (C=O) groups is 1. The number of hydrogen-bond donors (Lipinski definition) is 2. The van der Waals surface area contributed by atoms with E-state index in [1.165, 1.54) is 0 Å². The predicted molar refractivity (Wildman–Crippen MR) is 56.9 cm³/mol. The molecule has 1 aliphatic carbocycles. The summed E-state index contributed by atoms with van der Waals surface area (Å²) in [5.41, 5.74) is 5.71. The minimum Gasteiger partial charge on any atom is -0.359 e. The second-order valence-corrected chi connectivity index (χ2v) is 4.28. The van der Waals surface area contributed by atoms with Gasteiger partial charge in [0.05, 0.1) is 0 Å². The molecule has 1 fully saturated rings. The average molecular weight is 199 g/mol. The van der Waals surface area contributed by atoms with Gasteiger partial charge in [0.25, 0.3) is 0 Å². The third kappa shape index (κ3) is 3.64. The van der Waals surface area contributed by atoms with Crippen LogP contribution in [0.4, 0.5) is 0 Å². The van der Waals surface area contributed by atoms with Crippen LogP contribution in [0.3, 0.4) is 0 Å². The molecule has 0 radical (unpaired) electrons. The van der Waals surface area contributed by atoms with Gasteiger partial charge in [-0.1, -0.05) is 0 Å². The van der Waals surface area contributed by atoms with Crippen LogP contribution >= 0.6 is 0 Å². The Morgan fingerprint density at radius 1 is 1.57 bits per heavy atom. The number of carbonyl (C=O) groups excluding carboxylic acids is 1. The maximum Gasteiger partial charge on any atom is 0.221 e. The monoisotopic (exact) mass is 199 g/mol. The van der Waals surface area contributed by atoms with Crippen LogP contribution in [0.25, 0.3) is 0 Å². The van der Waals surface area contributed by atoms with Crippen LogP contribution in [0.2, 0.25) is 0 Å². The highest BCUT2D eigenvalue weighted by atomic mass is 16.1. The van der Waals surface area contributed by atoms with E-state index in [4.69, 9.17) is 5.73 Å². The molecule has 0 aromatic heterocycles. The molecule has 0 aromatic carbocycles. The van der Waals surface area contributed by atoms with Crippen molar-refractivity contribution in [2.75, 3.05) is 27.2 Å². The van der Waals surface area contributed by atoms with Crippen molar-refractivity contribution in [3.63, 3.8) is 0 Å². The van der Waals surface area contributed by atoms with E-state index < -0.39 is 0 Å². The first-order valence-corrected chi connectivity index (χ1v) is 5.26. The minimum atomic E-state index is 0.113. The van der Waals surface area contributed by atoms with Gasteiger partial charge in [-0.25, -0.2) is 0 Å². The zero-order chi connectivity index (χ0) is 10.6. The largest absolute Gasteiger partial charge is 0.359 e. The summed E-state index contributed by atoms with van der Waals surface area (Å²) in [4.78, 5) is 13.2. The van der Waals surface area contributed by atoms with Crippen LogP contribution in [0, 0.1) is 5.92 Å². The minimum absolute atomic E-state index is 0.113. The molecule has 0 aromatic rings.